The molecular formula is C22H28Cl2N4O2. The predicted octanol–water partition coefficient (Wildman–Crippen LogP) is 5.16. The summed E-state index contributed by atoms with van der Waals surface area (Å²) in [5, 5.41) is 3.45. The molecule has 0 radical (unpaired) electrons. The molecule has 3 amide bonds. The van der Waals surface area contributed by atoms with Crippen LogP contribution in [0.2, 0.25) is 10.0 Å². The van der Waals surface area contributed by atoms with Crippen LogP contribution in [-0.2, 0) is 18.4 Å². The van der Waals surface area contributed by atoms with Gasteiger partial charge in [-0.15, -0.1) is 0 Å². The first-order valence-electron chi connectivity index (χ1n) is 10.2. The lowest BCUT2D eigenvalue weighted by atomic mass is 10.2. The number of carbonyl (C=O) groups is 2. The van der Waals surface area contributed by atoms with Crippen molar-refractivity contribution < 1.29 is 9.59 Å². The van der Waals surface area contributed by atoms with Crippen molar-refractivity contribution in [3.8, 4) is 0 Å². The molecule has 0 spiro atoms. The topological polar surface area (TPSA) is 57.6 Å². The number of aryl methyl sites for hydroxylation is 1. The largest absolute Gasteiger partial charge is 0.353 e. The van der Waals surface area contributed by atoms with Crippen LogP contribution in [0.3, 0.4) is 0 Å². The molecule has 1 aliphatic rings. The van der Waals surface area contributed by atoms with Crippen LogP contribution in [0.1, 0.15) is 38.8 Å². The van der Waals surface area contributed by atoms with Gasteiger partial charge in [-0.3, -0.25) is 4.79 Å². The number of nitrogens with one attached hydrogen (secondary N) is 1. The van der Waals surface area contributed by atoms with Gasteiger partial charge in [0.25, 0.3) is 0 Å². The molecule has 1 saturated carbocycles. The number of halogens is 2. The molecule has 1 aromatic heterocycles. The highest BCUT2D eigenvalue weighted by atomic mass is 35.5. The van der Waals surface area contributed by atoms with Gasteiger partial charge in [-0.1, -0.05) is 36.2 Å². The van der Waals surface area contributed by atoms with Gasteiger partial charge < -0.3 is 19.7 Å². The summed E-state index contributed by atoms with van der Waals surface area (Å²) >= 11 is 12.3. The number of anilines is 1. The lowest BCUT2D eigenvalue weighted by Gasteiger charge is -2.31. The van der Waals surface area contributed by atoms with E-state index in [1.54, 1.807) is 23.1 Å². The van der Waals surface area contributed by atoms with Crippen LogP contribution in [0.4, 0.5) is 10.5 Å². The van der Waals surface area contributed by atoms with Crippen molar-refractivity contribution in [1.29, 1.82) is 0 Å². The minimum absolute atomic E-state index is 0.0138. The number of hydrogen-bond donors (Lipinski definition) is 1. The molecule has 0 aliphatic heterocycles. The van der Waals surface area contributed by atoms with Crippen molar-refractivity contribution in [3.05, 3.63) is 52.3 Å². The van der Waals surface area contributed by atoms with Crippen molar-refractivity contribution in [2.45, 2.75) is 51.7 Å². The Hall–Kier alpha value is -2.18. The molecule has 0 bridgehead atoms. The zero-order valence-corrected chi connectivity index (χ0v) is 19.1. The first-order chi connectivity index (χ1) is 14.3. The molecule has 2 aromatic rings. The highest BCUT2D eigenvalue weighted by molar-refractivity contribution is 6.43. The van der Waals surface area contributed by atoms with Gasteiger partial charge >= 0.3 is 6.03 Å². The van der Waals surface area contributed by atoms with E-state index in [0.29, 0.717) is 17.3 Å². The molecular weight excluding hydrogens is 423 g/mol. The second-order valence-corrected chi connectivity index (χ2v) is 8.57. The predicted molar refractivity (Wildman–Crippen MR) is 121 cm³/mol. The van der Waals surface area contributed by atoms with E-state index < -0.39 is 0 Å². The van der Waals surface area contributed by atoms with Gasteiger partial charge in [0, 0.05) is 31.0 Å². The van der Waals surface area contributed by atoms with E-state index in [4.69, 9.17) is 23.2 Å². The first kappa shape index (κ1) is 22.5. The number of benzene rings is 1. The molecule has 1 heterocycles. The SMILES string of the molecule is CCC(C)N(CC(=O)N(Cc1cccn1C)C1CC1)C(=O)Nc1cccc(Cl)c1Cl. The number of urea groups is 1. The number of aromatic nitrogens is 1. The van der Waals surface area contributed by atoms with Crippen molar-refractivity contribution in [2.75, 3.05) is 11.9 Å². The van der Waals surface area contributed by atoms with Crippen LogP contribution < -0.4 is 5.32 Å². The zero-order chi connectivity index (χ0) is 21.8. The van der Waals surface area contributed by atoms with Crippen molar-refractivity contribution in [3.63, 3.8) is 0 Å². The second-order valence-electron chi connectivity index (χ2n) is 7.78. The Morgan fingerprint density at radius 2 is 1.97 bits per heavy atom. The standard InChI is InChI=1S/C22H28Cl2N4O2/c1-4-15(2)27(22(30)25-19-9-5-8-18(23)21(19)24)14-20(29)28(16-10-11-16)13-17-7-6-12-26(17)3/h5-9,12,15-16H,4,10-11,13-14H2,1-3H3,(H,25,30). The van der Waals surface area contributed by atoms with Crippen LogP contribution in [0.15, 0.2) is 36.5 Å². The molecule has 6 nitrogen and oxygen atoms in total. The van der Waals surface area contributed by atoms with Gasteiger partial charge in [-0.25, -0.2) is 4.79 Å². The smallest absolute Gasteiger partial charge is 0.322 e. The van der Waals surface area contributed by atoms with Gasteiger partial charge in [-0.05, 0) is 50.5 Å². The van der Waals surface area contributed by atoms with Crippen molar-refractivity contribution in [2.24, 2.45) is 7.05 Å². The van der Waals surface area contributed by atoms with Crippen molar-refractivity contribution in [1.82, 2.24) is 14.4 Å². The van der Waals surface area contributed by atoms with Gasteiger partial charge in [0.1, 0.15) is 6.54 Å². The summed E-state index contributed by atoms with van der Waals surface area (Å²) in [5.41, 5.74) is 1.50. The average Bonchev–Trinajstić information content (AvgIpc) is 3.48. The molecule has 30 heavy (non-hydrogen) atoms. The number of rotatable bonds is 8. The minimum Gasteiger partial charge on any atom is -0.353 e. The molecule has 1 aromatic carbocycles. The van der Waals surface area contributed by atoms with Crippen LogP contribution >= 0.6 is 23.2 Å². The maximum atomic E-state index is 13.2. The first-order valence-corrected chi connectivity index (χ1v) is 11.0. The van der Waals surface area contributed by atoms with Crippen LogP contribution in [0.5, 0.6) is 0 Å². The highest BCUT2D eigenvalue weighted by Crippen LogP contribution is 2.31. The summed E-state index contributed by atoms with van der Waals surface area (Å²) in [6.45, 7) is 4.48. The summed E-state index contributed by atoms with van der Waals surface area (Å²) in [6, 6.07) is 8.83. The third-order valence-electron chi connectivity index (χ3n) is 5.57. The molecule has 1 unspecified atom stereocenters. The van der Waals surface area contributed by atoms with E-state index in [9.17, 15) is 9.59 Å². The van der Waals surface area contributed by atoms with Gasteiger partial charge in [0.05, 0.1) is 22.3 Å². The molecule has 162 valence electrons. The molecule has 1 aliphatic carbocycles. The van der Waals surface area contributed by atoms with E-state index >= 15 is 0 Å². The lowest BCUT2D eigenvalue weighted by molar-refractivity contribution is -0.133. The third-order valence-corrected chi connectivity index (χ3v) is 6.39. The number of carbonyl (C=O) groups excluding carboxylic acids is 2. The summed E-state index contributed by atoms with van der Waals surface area (Å²) in [6.07, 6.45) is 4.71. The summed E-state index contributed by atoms with van der Waals surface area (Å²) < 4.78 is 2.02. The fraction of sp³-hybridized carbons (Fsp3) is 0.455. The van der Waals surface area contributed by atoms with Crippen LogP contribution in [-0.4, -0.2) is 44.9 Å². The van der Waals surface area contributed by atoms with Crippen molar-refractivity contribution >= 4 is 40.8 Å². The van der Waals surface area contributed by atoms with E-state index in [0.717, 1.165) is 25.0 Å². The maximum absolute atomic E-state index is 13.2. The number of hydrogen-bond acceptors (Lipinski definition) is 2. The van der Waals surface area contributed by atoms with Gasteiger partial charge in [0.15, 0.2) is 0 Å². The van der Waals surface area contributed by atoms with Gasteiger partial charge in [0.2, 0.25) is 5.91 Å². The number of nitrogens with zero attached hydrogens (tertiary/aromatic N) is 3. The Labute approximate surface area is 187 Å². The fourth-order valence-corrected chi connectivity index (χ4v) is 3.66. The molecule has 1 atom stereocenters. The quantitative estimate of drug-likeness (QED) is 0.603. The molecule has 1 fully saturated rings. The Balaban J connectivity index is 1.74. The zero-order valence-electron chi connectivity index (χ0n) is 17.6. The lowest BCUT2D eigenvalue weighted by Crippen LogP contribution is -2.48. The molecule has 1 N–H and O–H groups in total. The third kappa shape index (κ3) is 5.29. The summed E-state index contributed by atoms with van der Waals surface area (Å²) in [7, 11) is 1.97. The van der Waals surface area contributed by atoms with E-state index in [2.05, 4.69) is 5.32 Å². The Bertz CT molecular complexity index is 910. The van der Waals surface area contributed by atoms with Crippen LogP contribution in [0.25, 0.3) is 0 Å². The Morgan fingerprint density at radius 1 is 1.23 bits per heavy atom. The van der Waals surface area contributed by atoms with E-state index in [1.165, 1.54) is 0 Å². The summed E-state index contributed by atoms with van der Waals surface area (Å²) in [4.78, 5) is 29.7. The molecule has 0 saturated heterocycles. The second kappa shape index (κ2) is 9.75. The minimum atomic E-state index is -0.364. The number of amides is 3. The van der Waals surface area contributed by atoms with E-state index in [1.807, 2.05) is 48.7 Å². The highest BCUT2D eigenvalue weighted by Gasteiger charge is 2.35. The maximum Gasteiger partial charge on any atom is 0.322 e. The van der Waals surface area contributed by atoms with Gasteiger partial charge in [-0.2, -0.15) is 0 Å². The van der Waals surface area contributed by atoms with Crippen LogP contribution in [0, 0.1) is 0 Å². The monoisotopic (exact) mass is 450 g/mol. The Kier molecular flexibility index (Phi) is 7.32. The summed E-state index contributed by atoms with van der Waals surface area (Å²) in [5.74, 6) is -0.0497. The molecule has 8 heteroatoms. The Morgan fingerprint density at radius 3 is 2.57 bits per heavy atom. The normalized spacial score (nSPS) is 14.3. The average molecular weight is 451 g/mol. The van der Waals surface area contributed by atoms with E-state index in [-0.39, 0.29) is 35.6 Å². The molecule has 3 rings (SSSR count). The fourth-order valence-electron chi connectivity index (χ4n) is 3.31.